The largest absolute Gasteiger partial charge is 0.497 e. The van der Waals surface area contributed by atoms with Crippen LogP contribution in [-0.2, 0) is 5.75 Å². The summed E-state index contributed by atoms with van der Waals surface area (Å²) in [5.41, 5.74) is 7.36. The number of benzene rings is 2. The predicted molar refractivity (Wildman–Crippen MR) is 85.1 cm³/mol. The topological polar surface area (TPSA) is 78.4 Å². The lowest BCUT2D eigenvalue weighted by molar-refractivity contribution is -0.384. The SMILES string of the molecule is COc1ccc(N)c(SCc2ccc([N+](=O)[O-])cc2Cl)c1. The third-order valence-electron chi connectivity index (χ3n) is 2.85. The average Bonchev–Trinajstić information content (AvgIpc) is 2.47. The first-order chi connectivity index (χ1) is 10.0. The number of nitro groups is 1. The van der Waals surface area contributed by atoms with Gasteiger partial charge in [-0.15, -0.1) is 11.8 Å². The molecule has 2 aromatic rings. The van der Waals surface area contributed by atoms with Crippen molar-refractivity contribution in [1.82, 2.24) is 0 Å². The van der Waals surface area contributed by atoms with E-state index < -0.39 is 4.92 Å². The fraction of sp³-hybridized carbons (Fsp3) is 0.143. The normalized spacial score (nSPS) is 10.4. The van der Waals surface area contributed by atoms with Gasteiger partial charge in [0.05, 0.1) is 17.1 Å². The van der Waals surface area contributed by atoms with E-state index in [0.717, 1.165) is 16.2 Å². The molecule has 0 spiro atoms. The predicted octanol–water partition coefficient (Wildman–Crippen LogP) is 4.13. The van der Waals surface area contributed by atoms with Crippen molar-refractivity contribution < 1.29 is 9.66 Å². The summed E-state index contributed by atoms with van der Waals surface area (Å²) in [6, 6.07) is 9.86. The molecule has 0 unspecified atom stereocenters. The lowest BCUT2D eigenvalue weighted by atomic mass is 10.2. The molecule has 0 bridgehead atoms. The zero-order chi connectivity index (χ0) is 15.4. The molecule has 110 valence electrons. The van der Waals surface area contributed by atoms with Gasteiger partial charge in [0, 0.05) is 28.5 Å². The first-order valence-corrected chi connectivity index (χ1v) is 7.36. The van der Waals surface area contributed by atoms with Crippen LogP contribution in [0.15, 0.2) is 41.3 Å². The molecule has 0 aromatic heterocycles. The molecule has 0 saturated carbocycles. The Kier molecular flexibility index (Phi) is 4.93. The van der Waals surface area contributed by atoms with Gasteiger partial charge in [-0.05, 0) is 29.8 Å². The number of nitrogens with two attached hydrogens (primary N) is 1. The number of thioether (sulfide) groups is 1. The van der Waals surface area contributed by atoms with E-state index in [9.17, 15) is 10.1 Å². The summed E-state index contributed by atoms with van der Waals surface area (Å²) in [7, 11) is 1.59. The maximum absolute atomic E-state index is 10.7. The summed E-state index contributed by atoms with van der Waals surface area (Å²) in [4.78, 5) is 11.1. The van der Waals surface area contributed by atoms with Crippen molar-refractivity contribution in [2.75, 3.05) is 12.8 Å². The van der Waals surface area contributed by atoms with Crippen molar-refractivity contribution in [3.8, 4) is 5.75 Å². The molecule has 0 atom stereocenters. The first kappa shape index (κ1) is 15.5. The van der Waals surface area contributed by atoms with Gasteiger partial charge in [-0.2, -0.15) is 0 Å². The van der Waals surface area contributed by atoms with Crippen LogP contribution >= 0.6 is 23.4 Å². The van der Waals surface area contributed by atoms with Crippen molar-refractivity contribution in [3.63, 3.8) is 0 Å². The van der Waals surface area contributed by atoms with Gasteiger partial charge in [-0.25, -0.2) is 0 Å². The summed E-state index contributed by atoms with van der Waals surface area (Å²) in [5.74, 6) is 1.29. The van der Waals surface area contributed by atoms with Crippen molar-refractivity contribution in [2.24, 2.45) is 0 Å². The van der Waals surface area contributed by atoms with Crippen LogP contribution in [0.4, 0.5) is 11.4 Å². The molecule has 0 amide bonds. The van der Waals surface area contributed by atoms with E-state index in [1.807, 2.05) is 6.07 Å². The molecule has 0 radical (unpaired) electrons. The zero-order valence-corrected chi connectivity index (χ0v) is 12.8. The lowest BCUT2D eigenvalue weighted by Gasteiger charge is -2.08. The van der Waals surface area contributed by atoms with Gasteiger partial charge in [-0.3, -0.25) is 10.1 Å². The van der Waals surface area contributed by atoms with E-state index in [1.54, 1.807) is 25.3 Å². The maximum Gasteiger partial charge on any atom is 0.270 e. The van der Waals surface area contributed by atoms with Gasteiger partial charge < -0.3 is 10.5 Å². The molecule has 2 aromatic carbocycles. The summed E-state index contributed by atoms with van der Waals surface area (Å²) in [6.45, 7) is 0. The monoisotopic (exact) mass is 324 g/mol. The standard InChI is InChI=1S/C14H13ClN2O3S/c1-20-11-4-5-13(16)14(7-11)21-8-9-2-3-10(17(18)19)6-12(9)15/h2-7H,8,16H2,1H3. The fourth-order valence-electron chi connectivity index (χ4n) is 1.69. The average molecular weight is 325 g/mol. The van der Waals surface area contributed by atoms with Crippen molar-refractivity contribution in [1.29, 1.82) is 0 Å². The Bertz CT molecular complexity index is 679. The second kappa shape index (κ2) is 6.69. The number of hydrogen-bond acceptors (Lipinski definition) is 5. The highest BCUT2D eigenvalue weighted by Gasteiger charge is 2.10. The quantitative estimate of drug-likeness (QED) is 0.387. The molecule has 7 heteroatoms. The number of nitro benzene ring substituents is 1. The summed E-state index contributed by atoms with van der Waals surface area (Å²) in [6.07, 6.45) is 0. The number of halogens is 1. The number of rotatable bonds is 5. The van der Waals surface area contributed by atoms with Crippen LogP contribution in [0.1, 0.15) is 5.56 Å². The Morgan fingerprint density at radius 1 is 1.33 bits per heavy atom. The number of methoxy groups -OCH3 is 1. The van der Waals surface area contributed by atoms with Crippen LogP contribution in [0.5, 0.6) is 5.75 Å². The van der Waals surface area contributed by atoms with Gasteiger partial charge in [0.2, 0.25) is 0 Å². The highest BCUT2D eigenvalue weighted by Crippen LogP contribution is 2.33. The van der Waals surface area contributed by atoms with Gasteiger partial charge in [0.25, 0.3) is 5.69 Å². The van der Waals surface area contributed by atoms with E-state index >= 15 is 0 Å². The van der Waals surface area contributed by atoms with E-state index in [-0.39, 0.29) is 5.69 Å². The highest BCUT2D eigenvalue weighted by molar-refractivity contribution is 7.98. The number of hydrogen-bond donors (Lipinski definition) is 1. The Morgan fingerprint density at radius 3 is 2.71 bits per heavy atom. The van der Waals surface area contributed by atoms with Crippen molar-refractivity contribution in [2.45, 2.75) is 10.6 Å². The molecule has 2 rings (SSSR count). The van der Waals surface area contributed by atoms with E-state index in [1.165, 1.54) is 23.9 Å². The number of non-ortho nitro benzene ring substituents is 1. The van der Waals surface area contributed by atoms with E-state index in [4.69, 9.17) is 22.1 Å². The third kappa shape index (κ3) is 3.80. The zero-order valence-electron chi connectivity index (χ0n) is 11.2. The number of ether oxygens (including phenoxy) is 1. The Hall–Kier alpha value is -1.92. The molecule has 0 aliphatic rings. The molecule has 0 heterocycles. The Labute approximate surface area is 131 Å². The van der Waals surface area contributed by atoms with Crippen molar-refractivity contribution >= 4 is 34.7 Å². The van der Waals surface area contributed by atoms with E-state index in [2.05, 4.69) is 0 Å². The molecule has 2 N–H and O–H groups in total. The van der Waals surface area contributed by atoms with E-state index in [0.29, 0.717) is 16.5 Å². The summed E-state index contributed by atoms with van der Waals surface area (Å²) in [5, 5.41) is 11.0. The summed E-state index contributed by atoms with van der Waals surface area (Å²) < 4.78 is 5.16. The second-order valence-electron chi connectivity index (χ2n) is 4.23. The second-order valence-corrected chi connectivity index (χ2v) is 5.65. The molecule has 0 aliphatic heterocycles. The maximum atomic E-state index is 10.7. The number of nitrogen functional groups attached to an aromatic ring is 1. The fourth-order valence-corrected chi connectivity index (χ4v) is 3.01. The Balaban J connectivity index is 2.15. The molecule has 0 saturated heterocycles. The van der Waals surface area contributed by atoms with Gasteiger partial charge in [0.15, 0.2) is 0 Å². The molecule has 0 fully saturated rings. The van der Waals surface area contributed by atoms with Crippen LogP contribution in [0.3, 0.4) is 0 Å². The number of anilines is 1. The molecular formula is C14H13ClN2O3S. The van der Waals surface area contributed by atoms with Gasteiger partial charge in [0.1, 0.15) is 5.75 Å². The van der Waals surface area contributed by atoms with Crippen LogP contribution < -0.4 is 10.5 Å². The molecule has 5 nitrogen and oxygen atoms in total. The van der Waals surface area contributed by atoms with Gasteiger partial charge in [-0.1, -0.05) is 11.6 Å². The van der Waals surface area contributed by atoms with Crippen molar-refractivity contribution in [3.05, 3.63) is 57.1 Å². The lowest BCUT2D eigenvalue weighted by Crippen LogP contribution is -1.92. The molecule has 0 aliphatic carbocycles. The minimum Gasteiger partial charge on any atom is -0.497 e. The summed E-state index contributed by atoms with van der Waals surface area (Å²) >= 11 is 7.56. The number of nitrogens with zero attached hydrogens (tertiary/aromatic N) is 1. The molecule has 21 heavy (non-hydrogen) atoms. The highest BCUT2D eigenvalue weighted by atomic mass is 35.5. The smallest absolute Gasteiger partial charge is 0.270 e. The minimum atomic E-state index is -0.469. The van der Waals surface area contributed by atoms with Gasteiger partial charge >= 0.3 is 0 Å². The van der Waals surface area contributed by atoms with Crippen LogP contribution in [0.25, 0.3) is 0 Å². The molecular weight excluding hydrogens is 312 g/mol. The van der Waals surface area contributed by atoms with Crippen LogP contribution in [0.2, 0.25) is 5.02 Å². The first-order valence-electron chi connectivity index (χ1n) is 6.00. The Morgan fingerprint density at radius 2 is 2.10 bits per heavy atom. The third-order valence-corrected chi connectivity index (χ3v) is 4.32. The minimum absolute atomic E-state index is 0.0188. The van der Waals surface area contributed by atoms with Crippen LogP contribution in [-0.4, -0.2) is 12.0 Å². The van der Waals surface area contributed by atoms with Crippen LogP contribution in [0, 0.1) is 10.1 Å².